The average molecular weight is 252 g/mol. The van der Waals surface area contributed by atoms with E-state index in [4.69, 9.17) is 11.6 Å². The van der Waals surface area contributed by atoms with Gasteiger partial charge in [-0.2, -0.15) is 0 Å². The first-order chi connectivity index (χ1) is 8.20. The van der Waals surface area contributed by atoms with Crippen molar-refractivity contribution in [2.45, 2.75) is 31.7 Å². The van der Waals surface area contributed by atoms with Crippen LogP contribution in [0, 0.1) is 5.92 Å². The highest BCUT2D eigenvalue weighted by molar-refractivity contribution is 6.30. The number of ketones is 1. The maximum Gasteiger partial charge on any atom is 0.132 e. The van der Waals surface area contributed by atoms with Crippen LogP contribution >= 0.6 is 11.6 Å². The van der Waals surface area contributed by atoms with Crippen molar-refractivity contribution in [2.75, 3.05) is 7.05 Å². The summed E-state index contributed by atoms with van der Waals surface area (Å²) in [6.45, 7) is 0. The Morgan fingerprint density at radius 3 is 2.35 bits per heavy atom. The molecular formula is C14H18ClNO. The molecule has 92 valence electrons. The van der Waals surface area contributed by atoms with Gasteiger partial charge in [0.1, 0.15) is 5.78 Å². The molecule has 1 atom stereocenters. The van der Waals surface area contributed by atoms with E-state index >= 15 is 0 Å². The predicted molar refractivity (Wildman–Crippen MR) is 70.2 cm³/mol. The van der Waals surface area contributed by atoms with Crippen molar-refractivity contribution in [3.05, 3.63) is 34.9 Å². The first kappa shape index (κ1) is 12.6. The normalized spacial score (nSPS) is 19.3. The van der Waals surface area contributed by atoms with E-state index in [0.717, 1.165) is 30.7 Å². The Balaban J connectivity index is 2.10. The van der Waals surface area contributed by atoms with Crippen molar-refractivity contribution in [3.8, 4) is 0 Å². The molecule has 1 aromatic carbocycles. The fraction of sp³-hybridized carbons (Fsp3) is 0.500. The third kappa shape index (κ3) is 3.08. The molecule has 0 amide bonds. The fourth-order valence-electron chi connectivity index (χ4n) is 2.64. The van der Waals surface area contributed by atoms with Gasteiger partial charge in [-0.25, -0.2) is 0 Å². The van der Waals surface area contributed by atoms with Gasteiger partial charge < -0.3 is 5.32 Å². The SMILES string of the molecule is CNC(c1ccc(Cl)cc1)C1CCC(=O)CC1. The van der Waals surface area contributed by atoms with E-state index in [1.807, 2.05) is 19.2 Å². The van der Waals surface area contributed by atoms with Crippen molar-refractivity contribution in [2.24, 2.45) is 5.92 Å². The number of benzene rings is 1. The zero-order chi connectivity index (χ0) is 12.3. The van der Waals surface area contributed by atoms with Crippen molar-refractivity contribution in [3.63, 3.8) is 0 Å². The molecule has 2 nitrogen and oxygen atoms in total. The zero-order valence-electron chi connectivity index (χ0n) is 10.1. The molecule has 0 radical (unpaired) electrons. The molecule has 0 saturated heterocycles. The van der Waals surface area contributed by atoms with Crippen LogP contribution in [0.4, 0.5) is 0 Å². The van der Waals surface area contributed by atoms with Crippen LogP contribution in [-0.2, 0) is 4.79 Å². The number of carbonyl (C=O) groups excluding carboxylic acids is 1. The largest absolute Gasteiger partial charge is 0.313 e. The van der Waals surface area contributed by atoms with Gasteiger partial charge >= 0.3 is 0 Å². The number of nitrogens with one attached hydrogen (secondary N) is 1. The highest BCUT2D eigenvalue weighted by atomic mass is 35.5. The quantitative estimate of drug-likeness (QED) is 0.893. The van der Waals surface area contributed by atoms with Crippen LogP contribution in [0.1, 0.15) is 37.3 Å². The van der Waals surface area contributed by atoms with Gasteiger partial charge in [0.25, 0.3) is 0 Å². The highest BCUT2D eigenvalue weighted by Crippen LogP contribution is 2.33. The molecular weight excluding hydrogens is 234 g/mol. The van der Waals surface area contributed by atoms with Gasteiger partial charge in [0, 0.05) is 23.9 Å². The molecule has 1 saturated carbocycles. The molecule has 0 spiro atoms. The monoisotopic (exact) mass is 251 g/mol. The summed E-state index contributed by atoms with van der Waals surface area (Å²) in [5.74, 6) is 0.964. The van der Waals surface area contributed by atoms with Crippen molar-refractivity contribution >= 4 is 17.4 Å². The molecule has 1 aromatic rings. The van der Waals surface area contributed by atoms with Crippen LogP contribution in [0.2, 0.25) is 5.02 Å². The minimum atomic E-state index is 0.334. The Labute approximate surface area is 107 Å². The summed E-state index contributed by atoms with van der Waals surface area (Å²) in [5, 5.41) is 4.13. The second-order valence-electron chi connectivity index (χ2n) is 4.69. The molecule has 0 aromatic heterocycles. The number of hydrogen-bond acceptors (Lipinski definition) is 2. The van der Waals surface area contributed by atoms with Crippen LogP contribution in [0.15, 0.2) is 24.3 Å². The lowest BCUT2D eigenvalue weighted by Crippen LogP contribution is -2.28. The number of carbonyl (C=O) groups is 1. The lowest BCUT2D eigenvalue weighted by molar-refractivity contribution is -0.121. The van der Waals surface area contributed by atoms with Crippen LogP contribution < -0.4 is 5.32 Å². The van der Waals surface area contributed by atoms with E-state index in [1.54, 1.807) is 0 Å². The summed E-state index contributed by atoms with van der Waals surface area (Å²) >= 11 is 5.90. The van der Waals surface area contributed by atoms with E-state index in [-0.39, 0.29) is 0 Å². The van der Waals surface area contributed by atoms with Crippen LogP contribution in [0.5, 0.6) is 0 Å². The van der Waals surface area contributed by atoms with E-state index in [1.165, 1.54) is 5.56 Å². The molecule has 2 rings (SSSR count). The summed E-state index contributed by atoms with van der Waals surface area (Å²) in [6.07, 6.45) is 3.45. The van der Waals surface area contributed by atoms with Gasteiger partial charge in [0.2, 0.25) is 0 Å². The van der Waals surface area contributed by atoms with E-state index in [9.17, 15) is 4.79 Å². The van der Waals surface area contributed by atoms with Gasteiger partial charge in [0.05, 0.1) is 0 Å². The van der Waals surface area contributed by atoms with Gasteiger partial charge in [-0.05, 0) is 43.5 Å². The van der Waals surface area contributed by atoms with Crippen molar-refractivity contribution in [1.82, 2.24) is 5.32 Å². The summed E-state index contributed by atoms with van der Waals surface area (Å²) in [5.41, 5.74) is 1.26. The smallest absolute Gasteiger partial charge is 0.132 e. The summed E-state index contributed by atoms with van der Waals surface area (Å²) < 4.78 is 0. The maximum atomic E-state index is 11.3. The Hall–Kier alpha value is -0.860. The fourth-order valence-corrected chi connectivity index (χ4v) is 2.77. The topological polar surface area (TPSA) is 29.1 Å². The molecule has 1 aliphatic carbocycles. The predicted octanol–water partition coefficient (Wildman–Crippen LogP) is 3.36. The third-order valence-corrected chi connectivity index (χ3v) is 3.85. The van der Waals surface area contributed by atoms with Gasteiger partial charge in [-0.3, -0.25) is 4.79 Å². The Morgan fingerprint density at radius 2 is 1.82 bits per heavy atom. The first-order valence-corrected chi connectivity index (χ1v) is 6.53. The molecule has 0 bridgehead atoms. The maximum absolute atomic E-state index is 11.3. The van der Waals surface area contributed by atoms with E-state index < -0.39 is 0 Å². The molecule has 1 fully saturated rings. The minimum Gasteiger partial charge on any atom is -0.313 e. The Morgan fingerprint density at radius 1 is 1.24 bits per heavy atom. The number of hydrogen-bond donors (Lipinski definition) is 1. The van der Waals surface area contributed by atoms with E-state index in [2.05, 4.69) is 17.4 Å². The molecule has 1 aliphatic rings. The van der Waals surface area contributed by atoms with Gasteiger partial charge in [-0.1, -0.05) is 23.7 Å². The Kier molecular flexibility index (Phi) is 4.19. The molecule has 3 heteroatoms. The average Bonchev–Trinajstić information content (AvgIpc) is 2.35. The third-order valence-electron chi connectivity index (χ3n) is 3.60. The lowest BCUT2D eigenvalue weighted by atomic mass is 9.81. The molecule has 1 unspecified atom stereocenters. The zero-order valence-corrected chi connectivity index (χ0v) is 10.8. The summed E-state index contributed by atoms with van der Waals surface area (Å²) in [6, 6.07) is 8.32. The standard InChI is InChI=1S/C14H18ClNO/c1-16-14(10-2-6-12(15)7-3-10)11-4-8-13(17)9-5-11/h2-3,6-7,11,14,16H,4-5,8-9H2,1H3. The number of halogens is 1. The first-order valence-electron chi connectivity index (χ1n) is 6.15. The van der Waals surface area contributed by atoms with Crippen LogP contribution in [0.25, 0.3) is 0 Å². The molecule has 0 aliphatic heterocycles. The lowest BCUT2D eigenvalue weighted by Gasteiger charge is -2.30. The van der Waals surface area contributed by atoms with Gasteiger partial charge in [0.15, 0.2) is 0 Å². The Bertz CT molecular complexity index is 378. The highest BCUT2D eigenvalue weighted by Gasteiger charge is 2.26. The number of rotatable bonds is 3. The second-order valence-corrected chi connectivity index (χ2v) is 5.13. The number of Topliss-reactive ketones (excluding diaryl/α,β-unsaturated/α-hetero) is 1. The van der Waals surface area contributed by atoms with Crippen LogP contribution in [-0.4, -0.2) is 12.8 Å². The van der Waals surface area contributed by atoms with Crippen molar-refractivity contribution in [1.29, 1.82) is 0 Å². The van der Waals surface area contributed by atoms with Gasteiger partial charge in [-0.15, -0.1) is 0 Å². The van der Waals surface area contributed by atoms with Crippen molar-refractivity contribution < 1.29 is 4.79 Å². The minimum absolute atomic E-state index is 0.334. The molecule has 1 N–H and O–H groups in total. The summed E-state index contributed by atoms with van der Waals surface area (Å²) in [4.78, 5) is 11.3. The summed E-state index contributed by atoms with van der Waals surface area (Å²) in [7, 11) is 1.98. The second kappa shape index (κ2) is 5.65. The van der Waals surface area contributed by atoms with Crippen LogP contribution in [0.3, 0.4) is 0 Å². The molecule has 17 heavy (non-hydrogen) atoms. The molecule has 0 heterocycles. The van der Waals surface area contributed by atoms with E-state index in [0.29, 0.717) is 17.7 Å².